The third kappa shape index (κ3) is 7.20. The lowest BCUT2D eigenvalue weighted by molar-refractivity contribution is 0.187. The molecule has 2 nitrogen and oxygen atoms in total. The molecule has 0 spiro atoms. The summed E-state index contributed by atoms with van der Waals surface area (Å²) in [4.78, 5) is 0. The number of aliphatic hydroxyl groups is 1. The molecule has 0 aromatic heterocycles. The molecule has 0 aliphatic rings. The molecule has 1 atom stereocenters. The maximum Gasteiger partial charge on any atom is 0.192 e. The lowest BCUT2D eigenvalue weighted by Gasteiger charge is -2.38. The van der Waals surface area contributed by atoms with E-state index < -0.39 is 8.32 Å². The molecule has 0 rings (SSSR count). The van der Waals surface area contributed by atoms with Crippen LogP contribution < -0.4 is 0 Å². The van der Waals surface area contributed by atoms with Crippen LogP contribution in [0.1, 0.15) is 53.4 Å². The smallest absolute Gasteiger partial charge is 0.192 e. The number of aliphatic hydroxyl groups excluding tert-OH is 1. The fourth-order valence-electron chi connectivity index (χ4n) is 1.45. The van der Waals surface area contributed by atoms with E-state index in [2.05, 4.69) is 52.6 Å². The van der Waals surface area contributed by atoms with Crippen molar-refractivity contribution in [1.29, 1.82) is 0 Å². The highest BCUT2D eigenvalue weighted by Gasteiger charge is 2.38. The maximum atomic E-state index is 8.60. The molecule has 0 saturated heterocycles. The largest absolute Gasteiger partial charge is 0.414 e. The van der Waals surface area contributed by atoms with Gasteiger partial charge in [0.1, 0.15) is 0 Å². The van der Waals surface area contributed by atoms with E-state index in [9.17, 15) is 0 Å². The highest BCUT2D eigenvalue weighted by Crippen LogP contribution is 2.37. The summed E-state index contributed by atoms with van der Waals surface area (Å²) >= 11 is 0. The second-order valence-electron chi connectivity index (χ2n) is 6.41. The molecular formula is C15H30O2Si. The number of hydrogen-bond acceptors (Lipinski definition) is 2. The van der Waals surface area contributed by atoms with Crippen LogP contribution in [-0.2, 0) is 4.43 Å². The van der Waals surface area contributed by atoms with Crippen molar-refractivity contribution >= 4 is 8.32 Å². The maximum absolute atomic E-state index is 8.60. The first-order valence-corrected chi connectivity index (χ1v) is 9.86. The molecule has 106 valence electrons. The van der Waals surface area contributed by atoms with E-state index >= 15 is 0 Å². The number of unbranched alkanes of at least 4 members (excludes halogenated alkanes) is 1. The summed E-state index contributed by atoms with van der Waals surface area (Å²) in [5.74, 6) is 6.03. The average molecular weight is 270 g/mol. The Labute approximate surface area is 114 Å². The van der Waals surface area contributed by atoms with Gasteiger partial charge >= 0.3 is 0 Å². The highest BCUT2D eigenvalue weighted by atomic mass is 28.4. The third-order valence-corrected chi connectivity index (χ3v) is 8.18. The van der Waals surface area contributed by atoms with Gasteiger partial charge in [-0.25, -0.2) is 0 Å². The Morgan fingerprint density at radius 2 is 1.72 bits per heavy atom. The lowest BCUT2D eigenvalue weighted by atomic mass is 10.2. The van der Waals surface area contributed by atoms with E-state index in [0.717, 1.165) is 19.3 Å². The van der Waals surface area contributed by atoms with Gasteiger partial charge in [-0.05, 0) is 37.9 Å². The third-order valence-electron chi connectivity index (χ3n) is 3.58. The van der Waals surface area contributed by atoms with Crippen LogP contribution >= 0.6 is 0 Å². The van der Waals surface area contributed by atoms with Crippen molar-refractivity contribution in [2.24, 2.45) is 0 Å². The molecule has 0 fully saturated rings. The quantitative estimate of drug-likeness (QED) is 0.450. The number of hydrogen-bond donors (Lipinski definition) is 1. The van der Waals surface area contributed by atoms with Gasteiger partial charge < -0.3 is 9.53 Å². The van der Waals surface area contributed by atoms with E-state index in [0.29, 0.717) is 12.5 Å². The Kier molecular flexibility index (Phi) is 7.85. The standard InChI is InChI=1S/C15H30O2Si/c1-14(12-10-8-7-9-11-13-16)17-18(5,6)15(2,3)4/h14,16H,8,10-13H2,1-6H3. The Morgan fingerprint density at radius 3 is 2.22 bits per heavy atom. The summed E-state index contributed by atoms with van der Waals surface area (Å²) in [5, 5.41) is 8.88. The molecule has 0 aliphatic heterocycles. The Bertz CT molecular complexity index is 281. The monoisotopic (exact) mass is 270 g/mol. The molecule has 0 aromatic rings. The van der Waals surface area contributed by atoms with Crippen LogP contribution in [0.2, 0.25) is 18.1 Å². The Balaban J connectivity index is 3.92. The minimum absolute atomic E-state index is 0.165. The van der Waals surface area contributed by atoms with Crippen molar-refractivity contribution in [2.45, 2.75) is 77.6 Å². The van der Waals surface area contributed by atoms with E-state index in [1.807, 2.05) is 0 Å². The minimum atomic E-state index is -1.62. The molecule has 0 aromatic carbocycles. The molecule has 1 unspecified atom stereocenters. The van der Waals surface area contributed by atoms with Crippen molar-refractivity contribution in [2.75, 3.05) is 6.61 Å². The molecule has 0 heterocycles. The lowest BCUT2D eigenvalue weighted by Crippen LogP contribution is -2.43. The molecular weight excluding hydrogens is 240 g/mol. The van der Waals surface area contributed by atoms with Gasteiger partial charge in [0.25, 0.3) is 0 Å². The predicted molar refractivity (Wildman–Crippen MR) is 81.1 cm³/mol. The summed E-state index contributed by atoms with van der Waals surface area (Å²) in [6.45, 7) is 13.7. The first kappa shape index (κ1) is 17.7. The van der Waals surface area contributed by atoms with E-state index in [4.69, 9.17) is 9.53 Å². The second kappa shape index (κ2) is 7.99. The number of rotatable bonds is 6. The van der Waals surface area contributed by atoms with Gasteiger partial charge in [0.2, 0.25) is 0 Å². The summed E-state index contributed by atoms with van der Waals surface area (Å²) in [5.41, 5.74) is 0. The first-order chi connectivity index (χ1) is 8.20. The zero-order valence-electron chi connectivity index (χ0n) is 13.0. The Morgan fingerprint density at radius 1 is 1.17 bits per heavy atom. The topological polar surface area (TPSA) is 29.5 Å². The van der Waals surface area contributed by atoms with Crippen LogP contribution in [0, 0.1) is 11.8 Å². The zero-order chi connectivity index (χ0) is 14.2. The van der Waals surface area contributed by atoms with Crippen LogP contribution in [-0.4, -0.2) is 26.1 Å². The fourth-order valence-corrected chi connectivity index (χ4v) is 2.93. The van der Waals surface area contributed by atoms with E-state index in [1.165, 1.54) is 0 Å². The van der Waals surface area contributed by atoms with Crippen LogP contribution in [0.25, 0.3) is 0 Å². The normalized spacial score (nSPS) is 13.9. The summed E-state index contributed by atoms with van der Waals surface area (Å²) in [6, 6.07) is 0. The van der Waals surface area contributed by atoms with Crippen LogP contribution in [0.15, 0.2) is 0 Å². The summed E-state index contributed by atoms with van der Waals surface area (Å²) < 4.78 is 6.28. The van der Waals surface area contributed by atoms with Gasteiger partial charge in [0.15, 0.2) is 8.32 Å². The van der Waals surface area contributed by atoms with Gasteiger partial charge in [0, 0.05) is 18.9 Å². The van der Waals surface area contributed by atoms with Crippen LogP contribution in [0.4, 0.5) is 0 Å². The predicted octanol–water partition coefficient (Wildman–Crippen LogP) is 3.95. The van der Waals surface area contributed by atoms with Crippen molar-refractivity contribution < 1.29 is 9.53 Å². The van der Waals surface area contributed by atoms with Crippen molar-refractivity contribution in [3.63, 3.8) is 0 Å². The van der Waals surface area contributed by atoms with Gasteiger partial charge in [0.05, 0.1) is 6.61 Å². The Hall–Kier alpha value is -0.303. The van der Waals surface area contributed by atoms with Crippen molar-refractivity contribution in [1.82, 2.24) is 0 Å². The van der Waals surface area contributed by atoms with Crippen molar-refractivity contribution in [3.05, 3.63) is 0 Å². The van der Waals surface area contributed by atoms with E-state index in [-0.39, 0.29) is 11.6 Å². The highest BCUT2D eigenvalue weighted by molar-refractivity contribution is 6.74. The van der Waals surface area contributed by atoms with Gasteiger partial charge in [-0.1, -0.05) is 20.8 Å². The fraction of sp³-hybridized carbons (Fsp3) is 0.867. The molecule has 0 radical (unpaired) electrons. The average Bonchev–Trinajstić information content (AvgIpc) is 2.20. The van der Waals surface area contributed by atoms with Gasteiger partial charge in [-0.2, -0.15) is 0 Å². The SMILES string of the molecule is CC(CCCC#CCCO)O[Si](C)(C)C(C)(C)C. The zero-order valence-corrected chi connectivity index (χ0v) is 14.0. The molecule has 0 saturated carbocycles. The second-order valence-corrected chi connectivity index (χ2v) is 11.2. The molecule has 18 heavy (non-hydrogen) atoms. The van der Waals surface area contributed by atoms with Gasteiger partial charge in [-0.3, -0.25) is 0 Å². The van der Waals surface area contributed by atoms with E-state index in [1.54, 1.807) is 0 Å². The molecule has 1 N–H and O–H groups in total. The van der Waals surface area contributed by atoms with Crippen LogP contribution in [0.3, 0.4) is 0 Å². The van der Waals surface area contributed by atoms with Gasteiger partial charge in [-0.15, -0.1) is 11.8 Å². The van der Waals surface area contributed by atoms with Crippen LogP contribution in [0.5, 0.6) is 0 Å². The molecule has 0 amide bonds. The summed E-state index contributed by atoms with van der Waals surface area (Å²) in [6.07, 6.45) is 3.97. The molecule has 0 aliphatic carbocycles. The van der Waals surface area contributed by atoms with Crippen molar-refractivity contribution in [3.8, 4) is 11.8 Å². The summed E-state index contributed by atoms with van der Waals surface area (Å²) in [7, 11) is -1.62. The molecule has 0 bridgehead atoms. The minimum Gasteiger partial charge on any atom is -0.414 e. The molecule has 3 heteroatoms. The first-order valence-electron chi connectivity index (χ1n) is 6.95.